The normalized spacial score (nSPS) is 10.3. The van der Waals surface area contributed by atoms with E-state index in [-0.39, 0.29) is 38.8 Å². The number of aliphatic hydroxyl groups excluding tert-OH is 2. The van der Waals surface area contributed by atoms with Gasteiger partial charge in [0.2, 0.25) is 0 Å². The standard InChI is InChI=1S/C14H21NO4/c1-11-4-3-5-13(12(11)2)19-10-14(18)15(6-8-16)7-9-17/h3-5,16-17H,6-10H2,1-2H3. The lowest BCUT2D eigenvalue weighted by atomic mass is 10.1. The Morgan fingerprint density at radius 3 is 2.42 bits per heavy atom. The lowest BCUT2D eigenvalue weighted by Crippen LogP contribution is -2.38. The van der Waals surface area contributed by atoms with Gasteiger partial charge < -0.3 is 19.8 Å². The van der Waals surface area contributed by atoms with E-state index in [4.69, 9.17) is 14.9 Å². The number of carbonyl (C=O) groups is 1. The Hall–Kier alpha value is -1.59. The van der Waals surface area contributed by atoms with Crippen LogP contribution in [0.25, 0.3) is 0 Å². The van der Waals surface area contributed by atoms with Gasteiger partial charge in [0.1, 0.15) is 5.75 Å². The van der Waals surface area contributed by atoms with Crippen molar-refractivity contribution in [3.63, 3.8) is 0 Å². The van der Waals surface area contributed by atoms with Crippen LogP contribution in [0.2, 0.25) is 0 Å². The molecule has 0 aliphatic carbocycles. The van der Waals surface area contributed by atoms with Crippen molar-refractivity contribution in [2.75, 3.05) is 32.9 Å². The minimum absolute atomic E-state index is 0.0930. The number of ether oxygens (including phenoxy) is 1. The number of hydrogen-bond donors (Lipinski definition) is 2. The highest BCUT2D eigenvalue weighted by Gasteiger charge is 2.13. The third-order valence-corrected chi connectivity index (χ3v) is 3.00. The summed E-state index contributed by atoms with van der Waals surface area (Å²) in [6, 6.07) is 5.67. The molecule has 1 aromatic rings. The molecule has 19 heavy (non-hydrogen) atoms. The predicted octanol–water partition coefficient (Wildman–Crippen LogP) is 0.495. The number of aliphatic hydroxyl groups is 2. The van der Waals surface area contributed by atoms with Crippen molar-refractivity contribution in [1.82, 2.24) is 4.90 Å². The summed E-state index contributed by atoms with van der Waals surface area (Å²) in [7, 11) is 0. The van der Waals surface area contributed by atoms with Crippen LogP contribution in [0.15, 0.2) is 18.2 Å². The average molecular weight is 267 g/mol. The molecule has 0 bridgehead atoms. The Bertz CT molecular complexity index is 414. The van der Waals surface area contributed by atoms with Gasteiger partial charge in [-0.25, -0.2) is 0 Å². The largest absolute Gasteiger partial charge is 0.483 e. The van der Waals surface area contributed by atoms with Crippen LogP contribution in [0, 0.1) is 13.8 Å². The van der Waals surface area contributed by atoms with Crippen LogP contribution in [0.4, 0.5) is 0 Å². The fourth-order valence-electron chi connectivity index (χ4n) is 1.71. The van der Waals surface area contributed by atoms with Gasteiger partial charge in [0.05, 0.1) is 13.2 Å². The van der Waals surface area contributed by atoms with Crippen molar-refractivity contribution in [2.24, 2.45) is 0 Å². The molecular formula is C14H21NO4. The molecule has 0 saturated heterocycles. The third-order valence-electron chi connectivity index (χ3n) is 3.00. The number of hydrogen-bond acceptors (Lipinski definition) is 4. The molecule has 0 fully saturated rings. The summed E-state index contributed by atoms with van der Waals surface area (Å²) >= 11 is 0. The predicted molar refractivity (Wildman–Crippen MR) is 72.2 cm³/mol. The minimum Gasteiger partial charge on any atom is -0.483 e. The number of benzene rings is 1. The Kier molecular flexibility index (Phi) is 6.32. The summed E-state index contributed by atoms with van der Waals surface area (Å²) in [5, 5.41) is 17.7. The third kappa shape index (κ3) is 4.54. The Balaban J connectivity index is 2.59. The van der Waals surface area contributed by atoms with Crippen LogP contribution in [-0.4, -0.2) is 53.9 Å². The highest BCUT2D eigenvalue weighted by Crippen LogP contribution is 2.20. The van der Waals surface area contributed by atoms with Crippen molar-refractivity contribution in [2.45, 2.75) is 13.8 Å². The highest BCUT2D eigenvalue weighted by molar-refractivity contribution is 5.77. The summed E-state index contributed by atoms with van der Waals surface area (Å²) in [6.45, 7) is 3.97. The molecule has 1 rings (SSSR count). The maximum atomic E-state index is 11.9. The molecule has 0 aliphatic heterocycles. The van der Waals surface area contributed by atoms with E-state index in [0.717, 1.165) is 11.1 Å². The van der Waals surface area contributed by atoms with Gasteiger partial charge >= 0.3 is 0 Å². The summed E-state index contributed by atoms with van der Waals surface area (Å²) in [6.07, 6.45) is 0. The van der Waals surface area contributed by atoms with E-state index in [1.54, 1.807) is 0 Å². The highest BCUT2D eigenvalue weighted by atomic mass is 16.5. The molecule has 0 atom stereocenters. The van der Waals surface area contributed by atoms with Crippen molar-refractivity contribution in [1.29, 1.82) is 0 Å². The lowest BCUT2D eigenvalue weighted by Gasteiger charge is -2.21. The van der Waals surface area contributed by atoms with E-state index < -0.39 is 0 Å². The van der Waals surface area contributed by atoms with Crippen LogP contribution in [0.3, 0.4) is 0 Å². The minimum atomic E-state index is -0.246. The zero-order valence-electron chi connectivity index (χ0n) is 11.4. The number of carbonyl (C=O) groups excluding carboxylic acids is 1. The molecule has 0 heterocycles. The first kappa shape index (κ1) is 15.5. The van der Waals surface area contributed by atoms with Crippen molar-refractivity contribution >= 4 is 5.91 Å². The van der Waals surface area contributed by atoms with E-state index in [2.05, 4.69) is 0 Å². The quantitative estimate of drug-likeness (QED) is 0.754. The van der Waals surface area contributed by atoms with E-state index in [0.29, 0.717) is 5.75 Å². The van der Waals surface area contributed by atoms with Crippen LogP contribution < -0.4 is 4.74 Å². The smallest absolute Gasteiger partial charge is 0.260 e. The van der Waals surface area contributed by atoms with Crippen molar-refractivity contribution < 1.29 is 19.7 Å². The Labute approximate surface area is 113 Å². The molecule has 5 nitrogen and oxygen atoms in total. The molecule has 1 amide bonds. The monoisotopic (exact) mass is 267 g/mol. The van der Waals surface area contributed by atoms with Crippen molar-refractivity contribution in [3.8, 4) is 5.75 Å². The first-order chi connectivity index (χ1) is 9.10. The molecule has 0 aromatic heterocycles. The summed E-state index contributed by atoms with van der Waals surface area (Å²) in [5.74, 6) is 0.435. The molecule has 5 heteroatoms. The van der Waals surface area contributed by atoms with E-state index in [1.165, 1.54) is 4.90 Å². The summed E-state index contributed by atoms with van der Waals surface area (Å²) in [4.78, 5) is 13.3. The Morgan fingerprint density at radius 1 is 1.21 bits per heavy atom. The molecule has 0 aliphatic rings. The van der Waals surface area contributed by atoms with Gasteiger partial charge in [-0.2, -0.15) is 0 Å². The fourth-order valence-corrected chi connectivity index (χ4v) is 1.71. The summed E-state index contributed by atoms with van der Waals surface area (Å²) in [5.41, 5.74) is 2.11. The number of rotatable bonds is 7. The average Bonchev–Trinajstić information content (AvgIpc) is 2.40. The number of aryl methyl sites for hydroxylation is 1. The van der Waals surface area contributed by atoms with Crippen molar-refractivity contribution in [3.05, 3.63) is 29.3 Å². The SMILES string of the molecule is Cc1cccc(OCC(=O)N(CCO)CCO)c1C. The molecule has 1 aromatic carbocycles. The van der Waals surface area contributed by atoms with Gasteiger partial charge in [0, 0.05) is 13.1 Å². The van der Waals surface area contributed by atoms with Gasteiger partial charge in [-0.3, -0.25) is 4.79 Å². The zero-order valence-corrected chi connectivity index (χ0v) is 11.4. The molecule has 0 spiro atoms. The molecular weight excluding hydrogens is 246 g/mol. The van der Waals surface area contributed by atoms with Crippen LogP contribution in [0.5, 0.6) is 5.75 Å². The van der Waals surface area contributed by atoms with E-state index >= 15 is 0 Å². The molecule has 0 radical (unpaired) electrons. The number of nitrogens with zero attached hydrogens (tertiary/aromatic N) is 1. The van der Waals surface area contributed by atoms with Gasteiger partial charge in [-0.15, -0.1) is 0 Å². The zero-order chi connectivity index (χ0) is 14.3. The van der Waals surface area contributed by atoms with E-state index in [1.807, 2.05) is 32.0 Å². The second kappa shape index (κ2) is 7.76. The van der Waals surface area contributed by atoms with Gasteiger partial charge in [0.15, 0.2) is 6.61 Å². The maximum Gasteiger partial charge on any atom is 0.260 e. The lowest BCUT2D eigenvalue weighted by molar-refractivity contribution is -0.134. The van der Waals surface area contributed by atoms with Crippen LogP contribution in [0.1, 0.15) is 11.1 Å². The number of amides is 1. The van der Waals surface area contributed by atoms with Crippen LogP contribution >= 0.6 is 0 Å². The molecule has 0 saturated carbocycles. The van der Waals surface area contributed by atoms with E-state index in [9.17, 15) is 4.79 Å². The fraction of sp³-hybridized carbons (Fsp3) is 0.500. The van der Waals surface area contributed by atoms with Gasteiger partial charge in [0.25, 0.3) is 5.91 Å². The topological polar surface area (TPSA) is 70.0 Å². The maximum absolute atomic E-state index is 11.9. The summed E-state index contributed by atoms with van der Waals surface area (Å²) < 4.78 is 5.50. The molecule has 106 valence electrons. The first-order valence-corrected chi connectivity index (χ1v) is 6.28. The molecule has 0 unspecified atom stereocenters. The first-order valence-electron chi connectivity index (χ1n) is 6.28. The second-order valence-corrected chi connectivity index (χ2v) is 4.31. The Morgan fingerprint density at radius 2 is 1.84 bits per heavy atom. The van der Waals surface area contributed by atoms with Gasteiger partial charge in [-0.1, -0.05) is 12.1 Å². The van der Waals surface area contributed by atoms with Crippen LogP contribution in [-0.2, 0) is 4.79 Å². The second-order valence-electron chi connectivity index (χ2n) is 4.31. The molecule has 2 N–H and O–H groups in total. The van der Waals surface area contributed by atoms with Gasteiger partial charge in [-0.05, 0) is 31.0 Å².